The van der Waals surface area contributed by atoms with Crippen LogP contribution in [-0.2, 0) is 4.79 Å². The Balaban J connectivity index is 3.93. The molecule has 16 heavy (non-hydrogen) atoms. The van der Waals surface area contributed by atoms with E-state index in [1.54, 1.807) is 0 Å². The number of hydrogen-bond acceptors (Lipinski definition) is 2. The summed E-state index contributed by atoms with van der Waals surface area (Å²) in [5.41, 5.74) is 0. The van der Waals surface area contributed by atoms with Crippen LogP contribution < -0.4 is 5.32 Å². The predicted octanol–water partition coefficient (Wildman–Crippen LogP) is 2.24. The molecule has 0 aliphatic heterocycles. The van der Waals surface area contributed by atoms with Gasteiger partial charge in [0.05, 0.1) is 0 Å². The molecule has 0 aromatic carbocycles. The number of likely N-dealkylation sites (N-methyl/N-ethyl adjacent to an activating group) is 1. The topological polar surface area (TPSA) is 32.3 Å². The van der Waals surface area contributed by atoms with E-state index in [1.165, 1.54) is 0 Å². The highest BCUT2D eigenvalue weighted by Crippen LogP contribution is 1.99. The Morgan fingerprint density at radius 3 is 2.38 bits per heavy atom. The third-order valence-electron chi connectivity index (χ3n) is 2.77. The molecular weight excluding hydrogens is 224 g/mol. The molecule has 0 saturated carbocycles. The van der Waals surface area contributed by atoms with Crippen LogP contribution in [0.15, 0.2) is 0 Å². The average molecular weight is 249 g/mol. The fraction of sp³-hybridized carbons (Fsp3) is 0.917. The molecule has 1 N–H and O–H groups in total. The number of halogens is 1. The molecule has 0 aliphatic rings. The van der Waals surface area contributed by atoms with Crippen LogP contribution in [0.2, 0.25) is 0 Å². The third-order valence-corrected chi connectivity index (χ3v) is 3.04. The number of alkyl halides is 1. The van der Waals surface area contributed by atoms with Gasteiger partial charge in [0, 0.05) is 24.9 Å². The first-order chi connectivity index (χ1) is 7.67. The largest absolute Gasteiger partial charge is 0.352 e. The van der Waals surface area contributed by atoms with Crippen molar-refractivity contribution in [3.05, 3.63) is 0 Å². The van der Waals surface area contributed by atoms with Crippen LogP contribution >= 0.6 is 11.6 Å². The molecule has 0 spiro atoms. The van der Waals surface area contributed by atoms with Crippen molar-refractivity contribution in [2.45, 2.75) is 46.1 Å². The average Bonchev–Trinajstić information content (AvgIpc) is 2.31. The van der Waals surface area contributed by atoms with Crippen molar-refractivity contribution in [2.24, 2.45) is 0 Å². The lowest BCUT2D eigenvalue weighted by atomic mass is 10.2. The number of amides is 1. The van der Waals surface area contributed by atoms with E-state index in [9.17, 15) is 4.79 Å². The SMILES string of the molecule is CCC(CN(CC)CC)NC(=O)CCCCl. The van der Waals surface area contributed by atoms with Crippen molar-refractivity contribution in [2.75, 3.05) is 25.5 Å². The zero-order chi connectivity index (χ0) is 12.4. The monoisotopic (exact) mass is 248 g/mol. The molecule has 0 rings (SSSR count). The van der Waals surface area contributed by atoms with E-state index in [-0.39, 0.29) is 11.9 Å². The predicted molar refractivity (Wildman–Crippen MR) is 70.0 cm³/mol. The van der Waals surface area contributed by atoms with E-state index in [1.807, 2.05) is 0 Å². The molecule has 3 nitrogen and oxygen atoms in total. The first-order valence-corrected chi connectivity index (χ1v) is 6.78. The van der Waals surface area contributed by atoms with Crippen LogP contribution in [0.5, 0.6) is 0 Å². The van der Waals surface area contributed by atoms with Gasteiger partial charge in [0.1, 0.15) is 0 Å². The summed E-state index contributed by atoms with van der Waals surface area (Å²) in [5, 5.41) is 3.06. The Morgan fingerprint density at radius 1 is 1.31 bits per heavy atom. The van der Waals surface area contributed by atoms with Gasteiger partial charge in [0.2, 0.25) is 5.91 Å². The van der Waals surface area contributed by atoms with Crippen LogP contribution in [0.4, 0.5) is 0 Å². The van der Waals surface area contributed by atoms with Crippen molar-refractivity contribution < 1.29 is 4.79 Å². The first-order valence-electron chi connectivity index (χ1n) is 6.25. The highest BCUT2D eigenvalue weighted by molar-refractivity contribution is 6.17. The Hall–Kier alpha value is -0.280. The number of nitrogens with one attached hydrogen (secondary N) is 1. The highest BCUT2D eigenvalue weighted by atomic mass is 35.5. The fourth-order valence-electron chi connectivity index (χ4n) is 1.60. The van der Waals surface area contributed by atoms with Gasteiger partial charge in [-0.2, -0.15) is 0 Å². The zero-order valence-electron chi connectivity index (χ0n) is 10.8. The van der Waals surface area contributed by atoms with E-state index >= 15 is 0 Å². The molecule has 0 aliphatic carbocycles. The maximum Gasteiger partial charge on any atom is 0.220 e. The Bertz CT molecular complexity index is 184. The second-order valence-electron chi connectivity index (χ2n) is 3.95. The second kappa shape index (κ2) is 9.91. The second-order valence-corrected chi connectivity index (χ2v) is 4.33. The molecule has 0 fully saturated rings. The van der Waals surface area contributed by atoms with E-state index in [4.69, 9.17) is 11.6 Å². The fourth-order valence-corrected chi connectivity index (χ4v) is 1.73. The number of nitrogens with zero attached hydrogens (tertiary/aromatic N) is 1. The van der Waals surface area contributed by atoms with Gasteiger partial charge in [0.15, 0.2) is 0 Å². The lowest BCUT2D eigenvalue weighted by Crippen LogP contribution is -2.43. The minimum atomic E-state index is 0.125. The minimum absolute atomic E-state index is 0.125. The van der Waals surface area contributed by atoms with Crippen molar-refractivity contribution in [3.8, 4) is 0 Å². The molecule has 0 saturated heterocycles. The van der Waals surface area contributed by atoms with Crippen LogP contribution in [0.25, 0.3) is 0 Å². The van der Waals surface area contributed by atoms with Gasteiger partial charge in [-0.15, -0.1) is 11.6 Å². The highest BCUT2D eigenvalue weighted by Gasteiger charge is 2.12. The Labute approximate surface area is 105 Å². The summed E-state index contributed by atoms with van der Waals surface area (Å²) in [7, 11) is 0. The molecule has 0 bridgehead atoms. The van der Waals surface area contributed by atoms with Gasteiger partial charge >= 0.3 is 0 Å². The maximum atomic E-state index is 11.5. The van der Waals surface area contributed by atoms with Crippen molar-refractivity contribution >= 4 is 17.5 Å². The van der Waals surface area contributed by atoms with Gasteiger partial charge < -0.3 is 10.2 Å². The molecule has 4 heteroatoms. The summed E-state index contributed by atoms with van der Waals surface area (Å²) < 4.78 is 0. The Morgan fingerprint density at radius 2 is 1.94 bits per heavy atom. The summed E-state index contributed by atoms with van der Waals surface area (Å²) in [6.45, 7) is 9.40. The maximum absolute atomic E-state index is 11.5. The summed E-state index contributed by atoms with van der Waals surface area (Å²) in [6.07, 6.45) is 2.27. The zero-order valence-corrected chi connectivity index (χ0v) is 11.5. The van der Waals surface area contributed by atoms with Crippen LogP contribution in [0.1, 0.15) is 40.0 Å². The van der Waals surface area contributed by atoms with Crippen LogP contribution in [0.3, 0.4) is 0 Å². The summed E-state index contributed by atoms with van der Waals surface area (Å²) in [5.74, 6) is 0.680. The summed E-state index contributed by atoms with van der Waals surface area (Å²) >= 11 is 5.56. The van der Waals surface area contributed by atoms with Crippen LogP contribution in [-0.4, -0.2) is 42.4 Å². The normalized spacial score (nSPS) is 12.8. The Kier molecular flexibility index (Phi) is 9.74. The minimum Gasteiger partial charge on any atom is -0.352 e. The van der Waals surface area contributed by atoms with Crippen molar-refractivity contribution in [3.63, 3.8) is 0 Å². The van der Waals surface area contributed by atoms with E-state index < -0.39 is 0 Å². The number of hydrogen-bond donors (Lipinski definition) is 1. The van der Waals surface area contributed by atoms with Crippen LogP contribution in [0, 0.1) is 0 Å². The van der Waals surface area contributed by atoms with E-state index in [2.05, 4.69) is 31.0 Å². The van der Waals surface area contributed by atoms with Gasteiger partial charge in [-0.05, 0) is 25.9 Å². The summed E-state index contributed by atoms with van der Waals surface area (Å²) in [4.78, 5) is 13.9. The van der Waals surface area contributed by atoms with Gasteiger partial charge in [-0.25, -0.2) is 0 Å². The molecule has 1 unspecified atom stereocenters. The van der Waals surface area contributed by atoms with Crippen molar-refractivity contribution in [1.29, 1.82) is 0 Å². The quantitative estimate of drug-likeness (QED) is 0.635. The molecular formula is C12H25ClN2O. The molecule has 1 atom stereocenters. The first kappa shape index (κ1) is 15.7. The lowest BCUT2D eigenvalue weighted by Gasteiger charge is -2.25. The van der Waals surface area contributed by atoms with Crippen molar-refractivity contribution in [1.82, 2.24) is 10.2 Å². The smallest absolute Gasteiger partial charge is 0.220 e. The number of rotatable bonds is 9. The van der Waals surface area contributed by atoms with Gasteiger partial charge in [0.25, 0.3) is 0 Å². The molecule has 0 aromatic heterocycles. The summed E-state index contributed by atoms with van der Waals surface area (Å²) in [6, 6.07) is 0.266. The standard InChI is InChI=1S/C12H25ClN2O/c1-4-11(10-15(5-2)6-3)14-12(16)8-7-9-13/h11H,4-10H2,1-3H3,(H,14,16). The van der Waals surface area contributed by atoms with E-state index in [0.29, 0.717) is 12.3 Å². The van der Waals surface area contributed by atoms with Gasteiger partial charge in [-0.1, -0.05) is 20.8 Å². The number of carbonyl (C=O) groups is 1. The van der Waals surface area contributed by atoms with E-state index in [0.717, 1.165) is 32.5 Å². The third kappa shape index (κ3) is 7.07. The lowest BCUT2D eigenvalue weighted by molar-refractivity contribution is -0.122. The molecule has 0 radical (unpaired) electrons. The molecule has 0 heterocycles. The molecule has 1 amide bonds. The molecule has 0 aromatic rings. The molecule has 96 valence electrons. The van der Waals surface area contributed by atoms with Gasteiger partial charge in [-0.3, -0.25) is 4.79 Å². The number of carbonyl (C=O) groups excluding carboxylic acids is 1.